The fraction of sp³-hybridized carbons (Fsp3) is 0.0625. The van der Waals surface area contributed by atoms with Crippen LogP contribution < -0.4 is 14.4 Å². The lowest BCUT2D eigenvalue weighted by molar-refractivity contribution is -0.113. The zero-order chi connectivity index (χ0) is 26.1. The van der Waals surface area contributed by atoms with Crippen LogP contribution in [-0.2, 0) is 11.4 Å². The zero-order valence-electron chi connectivity index (χ0n) is 20.6. The summed E-state index contributed by atoms with van der Waals surface area (Å²) >= 11 is 6.93. The van der Waals surface area contributed by atoms with Crippen LogP contribution in [-0.4, -0.2) is 17.3 Å². The molecule has 0 spiro atoms. The van der Waals surface area contributed by atoms with Crippen molar-refractivity contribution in [3.63, 3.8) is 0 Å². The number of thioether (sulfide) groups is 1. The van der Waals surface area contributed by atoms with E-state index in [9.17, 15) is 4.79 Å². The molecule has 6 rings (SSSR count). The van der Waals surface area contributed by atoms with Gasteiger partial charge in [-0.1, -0.05) is 109 Å². The molecule has 0 aliphatic carbocycles. The van der Waals surface area contributed by atoms with Crippen molar-refractivity contribution in [2.24, 2.45) is 0 Å². The Morgan fingerprint density at radius 3 is 2.29 bits per heavy atom. The summed E-state index contributed by atoms with van der Waals surface area (Å²) in [5, 5.41) is 4.39. The van der Waals surface area contributed by atoms with Crippen molar-refractivity contribution in [3.05, 3.63) is 119 Å². The van der Waals surface area contributed by atoms with Gasteiger partial charge in [0, 0.05) is 5.39 Å². The van der Waals surface area contributed by atoms with Crippen LogP contribution in [0.2, 0.25) is 0 Å². The fourth-order valence-corrected chi connectivity index (χ4v) is 5.98. The van der Waals surface area contributed by atoms with Gasteiger partial charge in [0.1, 0.15) is 6.61 Å². The van der Waals surface area contributed by atoms with Crippen molar-refractivity contribution >= 4 is 67.5 Å². The molecular weight excluding hydrogens is 510 g/mol. The largest absolute Gasteiger partial charge is 0.493 e. The fourth-order valence-electron chi connectivity index (χ4n) is 4.70. The van der Waals surface area contributed by atoms with Crippen molar-refractivity contribution in [3.8, 4) is 11.5 Å². The van der Waals surface area contributed by atoms with Crippen LogP contribution >= 0.6 is 24.0 Å². The highest BCUT2D eigenvalue weighted by molar-refractivity contribution is 8.27. The van der Waals surface area contributed by atoms with Gasteiger partial charge in [-0.3, -0.25) is 9.69 Å². The van der Waals surface area contributed by atoms with E-state index in [1.165, 1.54) is 22.5 Å². The lowest BCUT2D eigenvalue weighted by atomic mass is 10.1. The monoisotopic (exact) mass is 533 g/mol. The van der Waals surface area contributed by atoms with Gasteiger partial charge in [0.05, 0.1) is 17.7 Å². The van der Waals surface area contributed by atoms with Gasteiger partial charge < -0.3 is 9.47 Å². The summed E-state index contributed by atoms with van der Waals surface area (Å²) in [6.45, 7) is 0.417. The molecule has 0 saturated carbocycles. The van der Waals surface area contributed by atoms with Crippen molar-refractivity contribution in [1.29, 1.82) is 0 Å². The summed E-state index contributed by atoms with van der Waals surface area (Å²) in [7, 11) is 1.61. The van der Waals surface area contributed by atoms with E-state index in [4.69, 9.17) is 21.7 Å². The summed E-state index contributed by atoms with van der Waals surface area (Å²) < 4.78 is 12.3. The average Bonchev–Trinajstić information content (AvgIpc) is 3.23. The molecule has 0 bridgehead atoms. The number of methoxy groups -OCH3 is 1. The second-order valence-corrected chi connectivity index (χ2v) is 10.5. The summed E-state index contributed by atoms with van der Waals surface area (Å²) in [6, 6.07) is 34.0. The van der Waals surface area contributed by atoms with Gasteiger partial charge in [-0.2, -0.15) is 0 Å². The Kier molecular flexibility index (Phi) is 6.58. The van der Waals surface area contributed by atoms with Crippen molar-refractivity contribution in [2.45, 2.75) is 6.61 Å². The van der Waals surface area contributed by atoms with E-state index >= 15 is 0 Å². The first-order chi connectivity index (χ1) is 18.6. The lowest BCUT2D eigenvalue weighted by Crippen LogP contribution is -2.27. The molecule has 1 aliphatic rings. The number of ether oxygens (including phenoxy) is 2. The minimum absolute atomic E-state index is 0.133. The Balaban J connectivity index is 1.25. The lowest BCUT2D eigenvalue weighted by Gasteiger charge is -2.17. The van der Waals surface area contributed by atoms with E-state index in [2.05, 4.69) is 24.3 Å². The second-order valence-electron chi connectivity index (χ2n) is 8.85. The van der Waals surface area contributed by atoms with E-state index < -0.39 is 0 Å². The molecule has 38 heavy (non-hydrogen) atoms. The van der Waals surface area contributed by atoms with Crippen molar-refractivity contribution in [1.82, 2.24) is 0 Å². The van der Waals surface area contributed by atoms with Crippen LogP contribution in [0.1, 0.15) is 11.1 Å². The Hall–Kier alpha value is -4.13. The van der Waals surface area contributed by atoms with Gasteiger partial charge in [0.2, 0.25) is 0 Å². The summed E-state index contributed by atoms with van der Waals surface area (Å²) in [5.41, 5.74) is 2.73. The Morgan fingerprint density at radius 1 is 0.816 bits per heavy atom. The molecule has 1 fully saturated rings. The van der Waals surface area contributed by atoms with Gasteiger partial charge in [-0.25, -0.2) is 0 Å². The van der Waals surface area contributed by atoms with Gasteiger partial charge in [-0.15, -0.1) is 0 Å². The first-order valence-electron chi connectivity index (χ1n) is 12.2. The van der Waals surface area contributed by atoms with Crippen LogP contribution in [0.15, 0.2) is 108 Å². The van der Waals surface area contributed by atoms with Gasteiger partial charge >= 0.3 is 0 Å². The highest BCUT2D eigenvalue weighted by atomic mass is 32.2. The van der Waals surface area contributed by atoms with E-state index in [1.807, 2.05) is 84.9 Å². The number of amides is 1. The smallest absolute Gasteiger partial charge is 0.270 e. The molecule has 1 aliphatic heterocycles. The second kappa shape index (κ2) is 10.3. The number of nitrogens with zero attached hydrogens (tertiary/aromatic N) is 1. The molecule has 186 valence electrons. The molecule has 4 nitrogen and oxygen atoms in total. The zero-order valence-corrected chi connectivity index (χ0v) is 22.2. The third kappa shape index (κ3) is 4.53. The molecule has 1 amide bonds. The molecule has 0 aromatic heterocycles. The molecule has 0 unspecified atom stereocenters. The number of carbonyl (C=O) groups excluding carboxylic acids is 1. The first-order valence-corrected chi connectivity index (χ1v) is 13.4. The number of hydrogen-bond donors (Lipinski definition) is 0. The standard InChI is InChI=1S/C32H23NO3S2/c1-35-29-18-21(16-17-28(29)36-20-24-12-6-10-22-8-2-4-13-25(22)24)19-30-31(34)33(32(37)38-30)27-15-7-11-23-9-3-5-14-26(23)27/h2-19H,20H2,1H3/b30-19-. The molecule has 1 saturated heterocycles. The number of carbonyl (C=O) groups is 1. The average molecular weight is 534 g/mol. The molecule has 0 atom stereocenters. The minimum atomic E-state index is -0.133. The summed E-state index contributed by atoms with van der Waals surface area (Å²) in [4.78, 5) is 15.6. The SMILES string of the molecule is COc1cc(/C=C2\SC(=S)N(c3cccc4ccccc34)C2=O)ccc1OCc1cccc2ccccc12. The Bertz CT molecular complexity index is 1730. The van der Waals surface area contributed by atoms with Gasteiger partial charge in [-0.05, 0) is 51.6 Å². The van der Waals surface area contributed by atoms with E-state index in [1.54, 1.807) is 12.0 Å². The van der Waals surface area contributed by atoms with Crippen LogP contribution in [0.4, 0.5) is 5.69 Å². The number of hydrogen-bond acceptors (Lipinski definition) is 5. The van der Waals surface area contributed by atoms with Crippen LogP contribution in [0.25, 0.3) is 27.6 Å². The number of rotatable bonds is 6. The van der Waals surface area contributed by atoms with Crippen LogP contribution in [0.3, 0.4) is 0 Å². The Labute approximate surface area is 230 Å². The number of anilines is 1. The molecule has 0 radical (unpaired) electrons. The molecule has 6 heteroatoms. The number of thiocarbonyl (C=S) groups is 1. The third-order valence-electron chi connectivity index (χ3n) is 6.55. The number of fused-ring (bicyclic) bond motifs is 2. The maximum Gasteiger partial charge on any atom is 0.270 e. The van der Waals surface area contributed by atoms with E-state index in [0.717, 1.165) is 27.6 Å². The van der Waals surface area contributed by atoms with E-state index in [-0.39, 0.29) is 5.91 Å². The maximum absolute atomic E-state index is 13.4. The van der Waals surface area contributed by atoms with Gasteiger partial charge in [0.15, 0.2) is 15.8 Å². The normalized spacial score (nSPS) is 14.6. The van der Waals surface area contributed by atoms with Crippen molar-refractivity contribution in [2.75, 3.05) is 12.0 Å². The van der Waals surface area contributed by atoms with Crippen LogP contribution in [0, 0.1) is 0 Å². The van der Waals surface area contributed by atoms with Crippen molar-refractivity contribution < 1.29 is 14.3 Å². The molecule has 0 N–H and O–H groups in total. The molecule has 5 aromatic rings. The summed E-state index contributed by atoms with van der Waals surface area (Å²) in [6.07, 6.45) is 1.85. The van der Waals surface area contributed by atoms with Gasteiger partial charge in [0.25, 0.3) is 5.91 Å². The third-order valence-corrected chi connectivity index (χ3v) is 7.85. The quantitative estimate of drug-likeness (QED) is 0.163. The maximum atomic E-state index is 13.4. The predicted octanol–water partition coefficient (Wildman–Crippen LogP) is 7.99. The topological polar surface area (TPSA) is 38.8 Å². The first kappa shape index (κ1) is 24.2. The Morgan fingerprint density at radius 2 is 1.50 bits per heavy atom. The number of benzene rings is 5. The van der Waals surface area contributed by atoms with E-state index in [0.29, 0.717) is 27.3 Å². The summed E-state index contributed by atoms with van der Waals surface area (Å²) in [5.74, 6) is 1.11. The molecule has 5 aromatic carbocycles. The molecule has 1 heterocycles. The predicted molar refractivity (Wildman–Crippen MR) is 161 cm³/mol. The molecular formula is C32H23NO3S2. The minimum Gasteiger partial charge on any atom is -0.493 e. The highest BCUT2D eigenvalue weighted by Gasteiger charge is 2.34. The van der Waals surface area contributed by atoms with Crippen LogP contribution in [0.5, 0.6) is 11.5 Å². The highest BCUT2D eigenvalue weighted by Crippen LogP contribution is 2.39.